The number of carbonyl (C=O) groups excluding carboxylic acids is 1. The molecule has 0 radical (unpaired) electrons. The second-order valence-corrected chi connectivity index (χ2v) is 4.47. The maximum absolute atomic E-state index is 11.4. The summed E-state index contributed by atoms with van der Waals surface area (Å²) in [5.41, 5.74) is 1.16. The summed E-state index contributed by atoms with van der Waals surface area (Å²) in [6, 6.07) is 0. The summed E-state index contributed by atoms with van der Waals surface area (Å²) in [5.74, 6) is 1.76. The number of aromatic amines is 1. The zero-order valence-electron chi connectivity index (χ0n) is 8.56. The fraction of sp³-hybridized carbons (Fsp3) is 0.700. The molecular formula is C10H13N3O2. The first kappa shape index (κ1) is 8.88. The van der Waals surface area contributed by atoms with E-state index in [0.717, 1.165) is 30.4 Å². The van der Waals surface area contributed by atoms with Gasteiger partial charge >= 0.3 is 5.97 Å². The highest BCUT2D eigenvalue weighted by Crippen LogP contribution is 2.57. The van der Waals surface area contributed by atoms with Gasteiger partial charge in [0.05, 0.1) is 7.11 Å². The van der Waals surface area contributed by atoms with Crippen LogP contribution in [0.25, 0.3) is 0 Å². The van der Waals surface area contributed by atoms with Crippen LogP contribution in [0.4, 0.5) is 0 Å². The summed E-state index contributed by atoms with van der Waals surface area (Å²) in [6.07, 6.45) is 3.67. The second kappa shape index (κ2) is 3.05. The van der Waals surface area contributed by atoms with Crippen LogP contribution in [0.15, 0.2) is 0 Å². The Morgan fingerprint density at radius 2 is 2.07 bits per heavy atom. The second-order valence-electron chi connectivity index (χ2n) is 4.47. The van der Waals surface area contributed by atoms with Crippen LogP contribution in [0.3, 0.4) is 0 Å². The Balaban J connectivity index is 1.85. The van der Waals surface area contributed by atoms with Gasteiger partial charge in [0.25, 0.3) is 0 Å². The van der Waals surface area contributed by atoms with Gasteiger partial charge in [-0.2, -0.15) is 10.3 Å². The van der Waals surface area contributed by atoms with Gasteiger partial charge in [-0.15, -0.1) is 5.10 Å². The standard InChI is InChI=1S/C10H13N3O2/c1-15-10(14)9-8(11-13-12-9)7-3-5-2-6(5)4-7/h5-7H,2-4H2,1H3,(H,11,12,13). The minimum atomic E-state index is -0.390. The first-order valence-electron chi connectivity index (χ1n) is 5.28. The fourth-order valence-electron chi connectivity index (χ4n) is 2.71. The summed E-state index contributed by atoms with van der Waals surface area (Å²) in [7, 11) is 1.37. The summed E-state index contributed by atoms with van der Waals surface area (Å²) >= 11 is 0. The third kappa shape index (κ3) is 1.33. The molecule has 1 aromatic heterocycles. The van der Waals surface area contributed by atoms with Crippen molar-refractivity contribution in [2.45, 2.75) is 25.2 Å². The molecule has 0 aromatic carbocycles. The highest BCUT2D eigenvalue weighted by molar-refractivity contribution is 5.88. The Bertz CT molecular complexity index is 391. The lowest BCUT2D eigenvalue weighted by Gasteiger charge is -2.08. The Morgan fingerprint density at radius 3 is 2.73 bits per heavy atom. The Hall–Kier alpha value is -1.39. The van der Waals surface area contributed by atoms with E-state index in [0.29, 0.717) is 11.6 Å². The van der Waals surface area contributed by atoms with E-state index < -0.39 is 0 Å². The van der Waals surface area contributed by atoms with Gasteiger partial charge in [-0.3, -0.25) is 0 Å². The van der Waals surface area contributed by atoms with Crippen LogP contribution in [0.1, 0.15) is 41.4 Å². The van der Waals surface area contributed by atoms with Crippen molar-refractivity contribution in [3.63, 3.8) is 0 Å². The van der Waals surface area contributed by atoms with E-state index in [4.69, 9.17) is 0 Å². The van der Waals surface area contributed by atoms with E-state index >= 15 is 0 Å². The molecule has 5 heteroatoms. The zero-order chi connectivity index (χ0) is 10.4. The van der Waals surface area contributed by atoms with E-state index in [9.17, 15) is 4.79 Å². The van der Waals surface area contributed by atoms with Gasteiger partial charge in [0, 0.05) is 5.92 Å². The molecule has 15 heavy (non-hydrogen) atoms. The minimum Gasteiger partial charge on any atom is -0.464 e. The topological polar surface area (TPSA) is 67.9 Å². The van der Waals surface area contributed by atoms with E-state index in [-0.39, 0.29) is 5.97 Å². The predicted octanol–water partition coefficient (Wildman–Crippen LogP) is 1.10. The minimum absolute atomic E-state index is 0.365. The van der Waals surface area contributed by atoms with Gasteiger partial charge in [0.15, 0.2) is 5.69 Å². The number of hydrogen-bond donors (Lipinski definition) is 1. The van der Waals surface area contributed by atoms with Crippen molar-refractivity contribution in [1.29, 1.82) is 0 Å². The van der Waals surface area contributed by atoms with Gasteiger partial charge in [-0.05, 0) is 31.1 Å². The number of aromatic nitrogens is 3. The first-order valence-corrected chi connectivity index (χ1v) is 5.28. The number of esters is 1. The number of nitrogens with one attached hydrogen (secondary N) is 1. The molecule has 0 spiro atoms. The van der Waals surface area contributed by atoms with E-state index in [1.54, 1.807) is 0 Å². The Labute approximate surface area is 87.2 Å². The average molecular weight is 207 g/mol. The highest BCUT2D eigenvalue weighted by atomic mass is 16.5. The van der Waals surface area contributed by atoms with Crippen molar-refractivity contribution < 1.29 is 9.53 Å². The van der Waals surface area contributed by atoms with Crippen LogP contribution >= 0.6 is 0 Å². The SMILES string of the molecule is COC(=O)c1n[nH]nc1C1CC2CC2C1. The van der Waals surface area contributed by atoms with E-state index in [2.05, 4.69) is 20.1 Å². The van der Waals surface area contributed by atoms with Gasteiger partial charge in [0.1, 0.15) is 5.69 Å². The molecule has 80 valence electrons. The summed E-state index contributed by atoms with van der Waals surface area (Å²) < 4.78 is 4.67. The van der Waals surface area contributed by atoms with Crippen molar-refractivity contribution in [3.05, 3.63) is 11.4 Å². The largest absolute Gasteiger partial charge is 0.464 e. The normalized spacial score (nSPS) is 32.5. The molecule has 2 aliphatic rings. The molecule has 0 bridgehead atoms. The van der Waals surface area contributed by atoms with Crippen molar-refractivity contribution in [2.75, 3.05) is 7.11 Å². The lowest BCUT2D eigenvalue weighted by atomic mass is 9.98. The Kier molecular flexibility index (Phi) is 1.81. The van der Waals surface area contributed by atoms with Gasteiger partial charge in [-0.25, -0.2) is 4.79 Å². The van der Waals surface area contributed by atoms with E-state index in [1.165, 1.54) is 13.5 Å². The van der Waals surface area contributed by atoms with E-state index in [1.807, 2.05) is 0 Å². The van der Waals surface area contributed by atoms with Crippen LogP contribution in [0, 0.1) is 11.8 Å². The third-order valence-corrected chi connectivity index (χ3v) is 3.58. The molecule has 0 saturated heterocycles. The molecule has 2 unspecified atom stereocenters. The maximum atomic E-state index is 11.4. The van der Waals surface area contributed by atoms with Crippen molar-refractivity contribution in [1.82, 2.24) is 15.4 Å². The van der Waals surface area contributed by atoms with Crippen molar-refractivity contribution in [3.8, 4) is 0 Å². The average Bonchev–Trinajstić information content (AvgIpc) is 2.74. The summed E-state index contributed by atoms with van der Waals surface area (Å²) in [5, 5.41) is 10.5. The molecule has 2 fully saturated rings. The lowest BCUT2D eigenvalue weighted by molar-refractivity contribution is 0.0592. The zero-order valence-corrected chi connectivity index (χ0v) is 8.56. The molecular weight excluding hydrogens is 194 g/mol. The van der Waals surface area contributed by atoms with Crippen molar-refractivity contribution in [2.24, 2.45) is 11.8 Å². The van der Waals surface area contributed by atoms with Gasteiger partial charge in [0.2, 0.25) is 0 Å². The van der Waals surface area contributed by atoms with Crippen LogP contribution in [-0.2, 0) is 4.74 Å². The number of methoxy groups -OCH3 is 1. The molecule has 1 heterocycles. The highest BCUT2D eigenvalue weighted by Gasteiger charge is 2.47. The molecule has 0 amide bonds. The number of ether oxygens (including phenoxy) is 1. The Morgan fingerprint density at radius 1 is 1.33 bits per heavy atom. The van der Waals surface area contributed by atoms with Gasteiger partial charge < -0.3 is 4.74 Å². The number of H-pyrrole nitrogens is 1. The molecule has 2 atom stereocenters. The number of hydrogen-bond acceptors (Lipinski definition) is 4. The lowest BCUT2D eigenvalue weighted by Crippen LogP contribution is -2.08. The number of fused-ring (bicyclic) bond motifs is 1. The van der Waals surface area contributed by atoms with Gasteiger partial charge in [-0.1, -0.05) is 0 Å². The number of nitrogens with zero attached hydrogens (tertiary/aromatic N) is 2. The number of carbonyl (C=O) groups is 1. The maximum Gasteiger partial charge on any atom is 0.360 e. The van der Waals surface area contributed by atoms with Crippen LogP contribution < -0.4 is 0 Å². The molecule has 1 N–H and O–H groups in total. The number of rotatable bonds is 2. The molecule has 5 nitrogen and oxygen atoms in total. The smallest absolute Gasteiger partial charge is 0.360 e. The van der Waals surface area contributed by atoms with Crippen LogP contribution in [0.2, 0.25) is 0 Å². The molecule has 3 rings (SSSR count). The first-order chi connectivity index (χ1) is 7.29. The summed E-state index contributed by atoms with van der Waals surface area (Å²) in [4.78, 5) is 11.4. The molecule has 0 aliphatic heterocycles. The van der Waals surface area contributed by atoms with Crippen molar-refractivity contribution >= 4 is 5.97 Å². The van der Waals surface area contributed by atoms with Crippen LogP contribution in [-0.4, -0.2) is 28.5 Å². The molecule has 1 aromatic rings. The van der Waals surface area contributed by atoms with Crippen LogP contribution in [0.5, 0.6) is 0 Å². The third-order valence-electron chi connectivity index (χ3n) is 3.58. The monoisotopic (exact) mass is 207 g/mol. The molecule has 2 aliphatic carbocycles. The fourth-order valence-corrected chi connectivity index (χ4v) is 2.71. The predicted molar refractivity (Wildman–Crippen MR) is 51.3 cm³/mol. The molecule has 2 saturated carbocycles. The quantitative estimate of drug-likeness (QED) is 0.737. The summed E-state index contributed by atoms with van der Waals surface area (Å²) in [6.45, 7) is 0.